The fourth-order valence-electron chi connectivity index (χ4n) is 2.63. The fourth-order valence-corrected chi connectivity index (χ4v) is 2.63. The summed E-state index contributed by atoms with van der Waals surface area (Å²) in [7, 11) is 1.56. The number of carbonyl (C=O) groups is 1. The van der Waals surface area contributed by atoms with Gasteiger partial charge in [0.25, 0.3) is 0 Å². The number of rotatable bonds is 8. The average Bonchev–Trinajstić information content (AvgIpc) is 2.64. The molecule has 0 spiro atoms. The van der Waals surface area contributed by atoms with E-state index >= 15 is 0 Å². The average molecular weight is 367 g/mol. The van der Waals surface area contributed by atoms with E-state index in [1.165, 1.54) is 6.92 Å². The molecule has 2 aromatic carbocycles. The van der Waals surface area contributed by atoms with Crippen LogP contribution >= 0.6 is 0 Å². The number of nitrogens with zero attached hydrogens (tertiary/aromatic N) is 2. The molecule has 0 aliphatic heterocycles. The highest BCUT2D eigenvalue weighted by molar-refractivity contribution is 5.93. The van der Waals surface area contributed by atoms with E-state index in [2.05, 4.69) is 10.2 Å². The van der Waals surface area contributed by atoms with Crippen molar-refractivity contribution in [3.05, 3.63) is 70.6 Å². The monoisotopic (exact) mass is 367 g/mol. The number of ketones is 1. The minimum Gasteiger partial charge on any atom is -0.509 e. The van der Waals surface area contributed by atoms with Crippen LogP contribution in [0.25, 0.3) is 0 Å². The van der Waals surface area contributed by atoms with Gasteiger partial charge in [-0.05, 0) is 43.1 Å². The van der Waals surface area contributed by atoms with Crippen molar-refractivity contribution in [3.8, 4) is 5.75 Å². The van der Waals surface area contributed by atoms with Gasteiger partial charge in [-0.1, -0.05) is 30.3 Å². The maximum atomic E-state index is 12.0. The molecular weight excluding hydrogens is 342 g/mol. The molecule has 0 radical (unpaired) electrons. The number of hydrogen-bond acceptors (Lipinski definition) is 6. The second kappa shape index (κ2) is 9.64. The number of benzene rings is 2. The second-order valence-corrected chi connectivity index (χ2v) is 6.20. The molecule has 0 unspecified atom stereocenters. The largest absolute Gasteiger partial charge is 0.509 e. The highest BCUT2D eigenvalue weighted by Crippen LogP contribution is 2.24. The second-order valence-electron chi connectivity index (χ2n) is 6.20. The van der Waals surface area contributed by atoms with E-state index in [-0.39, 0.29) is 23.7 Å². The zero-order valence-corrected chi connectivity index (χ0v) is 15.9. The van der Waals surface area contributed by atoms with Gasteiger partial charge in [-0.15, -0.1) is 5.11 Å². The van der Waals surface area contributed by atoms with Gasteiger partial charge in [0.2, 0.25) is 0 Å². The first-order valence-electron chi connectivity index (χ1n) is 8.72. The van der Waals surface area contributed by atoms with Gasteiger partial charge in [0.05, 0.1) is 12.8 Å². The van der Waals surface area contributed by atoms with Crippen LogP contribution in [-0.4, -0.2) is 24.5 Å². The van der Waals surface area contributed by atoms with E-state index in [0.717, 1.165) is 23.1 Å². The van der Waals surface area contributed by atoms with Crippen LogP contribution in [0, 0.1) is 6.92 Å². The molecule has 6 nitrogen and oxygen atoms in total. The zero-order valence-electron chi connectivity index (χ0n) is 15.9. The van der Waals surface area contributed by atoms with Crippen LogP contribution < -0.4 is 10.5 Å². The number of allylic oxidation sites excluding steroid dienone is 2. The minimum absolute atomic E-state index is 0.0652. The van der Waals surface area contributed by atoms with Crippen molar-refractivity contribution in [2.45, 2.75) is 26.7 Å². The topological polar surface area (TPSA) is 97.3 Å². The van der Waals surface area contributed by atoms with Crippen molar-refractivity contribution in [2.24, 2.45) is 16.0 Å². The summed E-state index contributed by atoms with van der Waals surface area (Å²) in [5.41, 5.74) is 8.90. The van der Waals surface area contributed by atoms with Crippen LogP contribution in [0.3, 0.4) is 0 Å². The molecule has 0 aliphatic carbocycles. The molecule has 0 saturated carbocycles. The number of hydrogen-bond donors (Lipinski definition) is 2. The molecular formula is C21H25N3O3. The van der Waals surface area contributed by atoms with E-state index in [1.807, 2.05) is 43.3 Å². The lowest BCUT2D eigenvalue weighted by atomic mass is 10.1. The Hall–Kier alpha value is -2.99. The molecule has 0 heterocycles. The molecule has 0 bridgehead atoms. The fraction of sp³-hybridized carbons (Fsp3) is 0.286. The number of methoxy groups -OCH3 is 1. The van der Waals surface area contributed by atoms with Crippen LogP contribution in [-0.2, 0) is 17.6 Å². The van der Waals surface area contributed by atoms with Crippen molar-refractivity contribution in [1.82, 2.24) is 0 Å². The number of aliphatic hydroxyl groups is 1. The summed E-state index contributed by atoms with van der Waals surface area (Å²) >= 11 is 0. The van der Waals surface area contributed by atoms with Crippen LogP contribution in [0.4, 0.5) is 5.69 Å². The van der Waals surface area contributed by atoms with Gasteiger partial charge in [0.1, 0.15) is 11.5 Å². The summed E-state index contributed by atoms with van der Waals surface area (Å²) in [6, 6.07) is 13.1. The highest BCUT2D eigenvalue weighted by Gasteiger charge is 2.14. The molecule has 2 rings (SSSR count). The summed E-state index contributed by atoms with van der Waals surface area (Å²) in [5, 5.41) is 18.7. The maximum Gasteiger partial charge on any atom is 0.183 e. The Labute approximate surface area is 159 Å². The van der Waals surface area contributed by atoms with Crippen LogP contribution in [0.15, 0.2) is 64.1 Å². The lowest BCUT2D eigenvalue weighted by molar-refractivity contribution is -0.113. The number of carbonyl (C=O) groups excluding carboxylic acids is 1. The Bertz CT molecular complexity index is 873. The van der Waals surface area contributed by atoms with E-state index in [1.54, 1.807) is 13.2 Å². The van der Waals surface area contributed by atoms with Gasteiger partial charge in [0.15, 0.2) is 11.5 Å². The zero-order chi connectivity index (χ0) is 19.8. The maximum absolute atomic E-state index is 12.0. The summed E-state index contributed by atoms with van der Waals surface area (Å²) in [6.07, 6.45) is 0.862. The Morgan fingerprint density at radius 3 is 2.63 bits per heavy atom. The molecule has 0 aromatic heterocycles. The van der Waals surface area contributed by atoms with Crippen molar-refractivity contribution >= 4 is 11.5 Å². The van der Waals surface area contributed by atoms with Gasteiger partial charge in [-0.2, -0.15) is 5.11 Å². The van der Waals surface area contributed by atoms with E-state index in [9.17, 15) is 9.90 Å². The molecule has 2 aromatic rings. The van der Waals surface area contributed by atoms with Crippen LogP contribution in [0.5, 0.6) is 5.75 Å². The van der Waals surface area contributed by atoms with Gasteiger partial charge < -0.3 is 15.6 Å². The lowest BCUT2D eigenvalue weighted by Gasteiger charge is -2.09. The van der Waals surface area contributed by atoms with Crippen LogP contribution in [0.2, 0.25) is 0 Å². The number of azo groups is 1. The van der Waals surface area contributed by atoms with Gasteiger partial charge >= 0.3 is 0 Å². The van der Waals surface area contributed by atoms with Crippen LogP contribution in [0.1, 0.15) is 23.6 Å². The third kappa shape index (κ3) is 5.49. The predicted molar refractivity (Wildman–Crippen MR) is 105 cm³/mol. The smallest absolute Gasteiger partial charge is 0.183 e. The van der Waals surface area contributed by atoms with Crippen molar-refractivity contribution in [2.75, 3.05) is 13.7 Å². The number of para-hydroxylation sites is 1. The number of aliphatic hydroxyl groups excluding tert-OH is 1. The van der Waals surface area contributed by atoms with E-state index < -0.39 is 0 Å². The number of ether oxygens (including phenoxy) is 1. The Kier molecular flexibility index (Phi) is 7.25. The molecule has 6 heteroatoms. The van der Waals surface area contributed by atoms with E-state index in [4.69, 9.17) is 10.5 Å². The minimum atomic E-state index is -0.359. The quantitative estimate of drug-likeness (QED) is 0.415. The third-order valence-corrected chi connectivity index (χ3v) is 4.12. The summed E-state index contributed by atoms with van der Waals surface area (Å²) in [4.78, 5) is 12.0. The predicted octanol–water partition coefficient (Wildman–Crippen LogP) is 4.19. The first kappa shape index (κ1) is 20.3. The molecule has 0 aliphatic rings. The van der Waals surface area contributed by atoms with E-state index in [0.29, 0.717) is 18.0 Å². The normalized spacial score (nSPS) is 12.1. The molecule has 0 fully saturated rings. The Morgan fingerprint density at radius 2 is 1.96 bits per heavy atom. The molecule has 0 amide bonds. The molecule has 142 valence electrons. The summed E-state index contributed by atoms with van der Waals surface area (Å²) < 4.78 is 5.28. The van der Waals surface area contributed by atoms with Gasteiger partial charge in [-0.25, -0.2) is 0 Å². The van der Waals surface area contributed by atoms with Crippen molar-refractivity contribution in [1.29, 1.82) is 0 Å². The number of aryl methyl sites for hydroxylation is 1. The Morgan fingerprint density at radius 1 is 1.22 bits per heavy atom. The highest BCUT2D eigenvalue weighted by atomic mass is 16.5. The Balaban J connectivity index is 2.34. The molecule has 0 saturated heterocycles. The molecule has 0 atom stereocenters. The van der Waals surface area contributed by atoms with Gasteiger partial charge in [-0.3, -0.25) is 4.79 Å². The SMILES string of the molecule is COc1ccccc1CC(O)=C(N=Nc1cc(CCN)ccc1C)C(C)=O. The first-order chi connectivity index (χ1) is 13.0. The summed E-state index contributed by atoms with van der Waals surface area (Å²) in [6.45, 7) is 3.80. The number of Topliss-reactive ketones (excluding diaryl/α,β-unsaturated/α-hetero) is 1. The third-order valence-electron chi connectivity index (χ3n) is 4.12. The number of nitrogens with two attached hydrogens (primary N) is 1. The lowest BCUT2D eigenvalue weighted by Crippen LogP contribution is -2.03. The first-order valence-corrected chi connectivity index (χ1v) is 8.72. The molecule has 3 N–H and O–H groups in total. The van der Waals surface area contributed by atoms with Crippen molar-refractivity contribution in [3.63, 3.8) is 0 Å². The summed E-state index contributed by atoms with van der Waals surface area (Å²) in [5.74, 6) is 0.127. The standard InChI is InChI=1S/C21H25N3O3/c1-14-8-9-16(10-11-22)12-18(14)23-24-21(15(2)25)19(26)13-17-6-4-5-7-20(17)27-3/h4-9,12,26H,10-11,13,22H2,1-3H3. The van der Waals surface area contributed by atoms with Crippen molar-refractivity contribution < 1.29 is 14.6 Å². The molecule has 27 heavy (non-hydrogen) atoms. The van der Waals surface area contributed by atoms with Gasteiger partial charge in [0, 0.05) is 18.9 Å².